The summed E-state index contributed by atoms with van der Waals surface area (Å²) in [7, 11) is 0. The minimum Gasteiger partial charge on any atom is -0.463 e. The minimum absolute atomic E-state index is 0.609. The second-order valence-electron chi connectivity index (χ2n) is 5.15. The number of rotatable bonds is 6. The van der Waals surface area contributed by atoms with Crippen LogP contribution in [0.5, 0.6) is 0 Å². The van der Waals surface area contributed by atoms with E-state index in [9.17, 15) is 0 Å². The van der Waals surface area contributed by atoms with Crippen LogP contribution in [0.15, 0.2) is 22.7 Å². The molecule has 2 aromatic rings. The van der Waals surface area contributed by atoms with Crippen LogP contribution >= 0.6 is 11.6 Å². The van der Waals surface area contributed by atoms with Crippen LogP contribution in [-0.4, -0.2) is 16.3 Å². The zero-order valence-electron chi connectivity index (χ0n) is 11.6. The lowest BCUT2D eigenvalue weighted by molar-refractivity contribution is 0.422. The van der Waals surface area contributed by atoms with Gasteiger partial charge in [0.1, 0.15) is 11.5 Å². The molecule has 4 nitrogen and oxygen atoms in total. The number of nitrogens with one attached hydrogen (secondary N) is 1. The first-order valence-electron chi connectivity index (χ1n) is 6.52. The molecule has 19 heavy (non-hydrogen) atoms. The van der Waals surface area contributed by atoms with E-state index >= 15 is 0 Å². The molecule has 1 N–H and O–H groups in total. The highest BCUT2D eigenvalue weighted by Crippen LogP contribution is 2.14. The van der Waals surface area contributed by atoms with E-state index in [1.807, 2.05) is 25.3 Å². The van der Waals surface area contributed by atoms with Gasteiger partial charge in [-0.1, -0.05) is 25.4 Å². The number of halogens is 1. The molecule has 2 heterocycles. The highest BCUT2D eigenvalue weighted by atomic mass is 35.5. The van der Waals surface area contributed by atoms with E-state index in [0.717, 1.165) is 30.3 Å². The van der Waals surface area contributed by atoms with Crippen molar-refractivity contribution in [1.29, 1.82) is 0 Å². The second kappa shape index (κ2) is 6.26. The van der Waals surface area contributed by atoms with Gasteiger partial charge in [0, 0.05) is 6.20 Å². The van der Waals surface area contributed by atoms with E-state index in [2.05, 4.69) is 24.3 Å². The molecule has 0 radical (unpaired) electrons. The minimum atomic E-state index is 0.609. The quantitative estimate of drug-likeness (QED) is 0.884. The summed E-state index contributed by atoms with van der Waals surface area (Å²) in [4.78, 5) is 0. The maximum Gasteiger partial charge on any atom is 0.125 e. The number of furan rings is 1. The van der Waals surface area contributed by atoms with Crippen molar-refractivity contribution < 1.29 is 4.42 Å². The zero-order valence-corrected chi connectivity index (χ0v) is 12.4. The molecule has 0 amide bonds. The van der Waals surface area contributed by atoms with Gasteiger partial charge in [-0.3, -0.25) is 4.68 Å². The highest BCUT2D eigenvalue weighted by Gasteiger charge is 2.06. The van der Waals surface area contributed by atoms with Crippen LogP contribution in [0.4, 0.5) is 0 Å². The average molecular weight is 282 g/mol. The van der Waals surface area contributed by atoms with Gasteiger partial charge in [-0.2, -0.15) is 5.10 Å². The Bertz CT molecular complexity index is 511. The number of hydrogen-bond acceptors (Lipinski definition) is 3. The topological polar surface area (TPSA) is 43.0 Å². The van der Waals surface area contributed by atoms with E-state index in [1.54, 1.807) is 4.68 Å². The van der Waals surface area contributed by atoms with Gasteiger partial charge < -0.3 is 9.73 Å². The molecule has 0 saturated heterocycles. The maximum absolute atomic E-state index is 5.98. The normalized spacial score (nSPS) is 11.4. The van der Waals surface area contributed by atoms with Gasteiger partial charge >= 0.3 is 0 Å². The monoisotopic (exact) mass is 281 g/mol. The van der Waals surface area contributed by atoms with Gasteiger partial charge in [0.2, 0.25) is 0 Å². The van der Waals surface area contributed by atoms with Crippen LogP contribution in [0, 0.1) is 12.8 Å². The molecule has 0 bridgehead atoms. The van der Waals surface area contributed by atoms with Crippen molar-refractivity contribution in [3.63, 3.8) is 0 Å². The van der Waals surface area contributed by atoms with E-state index in [1.165, 1.54) is 0 Å². The first-order chi connectivity index (χ1) is 9.04. The molecule has 2 aromatic heterocycles. The smallest absolute Gasteiger partial charge is 0.125 e. The Hall–Kier alpha value is -1.26. The summed E-state index contributed by atoms with van der Waals surface area (Å²) in [6.45, 7) is 8.62. The summed E-state index contributed by atoms with van der Waals surface area (Å²) < 4.78 is 7.55. The lowest BCUT2D eigenvalue weighted by atomic mass is 10.2. The molecule has 0 fully saturated rings. The Morgan fingerprint density at radius 2 is 2.11 bits per heavy atom. The highest BCUT2D eigenvalue weighted by molar-refractivity contribution is 6.31. The van der Waals surface area contributed by atoms with Crippen molar-refractivity contribution in [2.24, 2.45) is 5.92 Å². The molecule has 0 aliphatic heterocycles. The molecule has 0 aromatic carbocycles. The fourth-order valence-electron chi connectivity index (χ4n) is 1.82. The number of aromatic nitrogens is 2. The maximum atomic E-state index is 5.98. The van der Waals surface area contributed by atoms with Crippen LogP contribution in [0.25, 0.3) is 0 Å². The third-order valence-corrected chi connectivity index (χ3v) is 3.14. The van der Waals surface area contributed by atoms with E-state index < -0.39 is 0 Å². The van der Waals surface area contributed by atoms with E-state index in [0.29, 0.717) is 17.5 Å². The SMILES string of the molecule is Cc1nn(Cc2ccc(CNCC(C)C)o2)cc1Cl. The summed E-state index contributed by atoms with van der Waals surface area (Å²) in [6.07, 6.45) is 1.82. The molecule has 0 aliphatic carbocycles. The fraction of sp³-hybridized carbons (Fsp3) is 0.500. The third kappa shape index (κ3) is 4.11. The predicted molar refractivity (Wildman–Crippen MR) is 76.3 cm³/mol. The Kier molecular flexibility index (Phi) is 4.66. The molecular formula is C14H20ClN3O. The van der Waals surface area contributed by atoms with Crippen LogP contribution in [-0.2, 0) is 13.1 Å². The third-order valence-electron chi connectivity index (χ3n) is 2.77. The Morgan fingerprint density at radius 1 is 1.37 bits per heavy atom. The van der Waals surface area contributed by atoms with Crippen LogP contribution < -0.4 is 5.32 Å². The summed E-state index contributed by atoms with van der Waals surface area (Å²) >= 11 is 5.98. The Balaban J connectivity index is 1.90. The standard InChI is InChI=1S/C14H20ClN3O/c1-10(2)6-16-7-12-4-5-13(19-12)8-18-9-14(15)11(3)17-18/h4-5,9-10,16H,6-8H2,1-3H3. The van der Waals surface area contributed by atoms with Crippen LogP contribution in [0.3, 0.4) is 0 Å². The summed E-state index contributed by atoms with van der Waals surface area (Å²) in [5.41, 5.74) is 0.840. The first-order valence-corrected chi connectivity index (χ1v) is 6.90. The number of hydrogen-bond donors (Lipinski definition) is 1. The summed E-state index contributed by atoms with van der Waals surface area (Å²) in [5, 5.41) is 8.35. The molecule has 0 saturated carbocycles. The lowest BCUT2D eigenvalue weighted by Crippen LogP contribution is -2.18. The van der Waals surface area contributed by atoms with Gasteiger partial charge in [0.25, 0.3) is 0 Å². The summed E-state index contributed by atoms with van der Waals surface area (Å²) in [5.74, 6) is 2.48. The van der Waals surface area contributed by atoms with Gasteiger partial charge in [0.15, 0.2) is 0 Å². The van der Waals surface area contributed by atoms with Crippen molar-refractivity contribution in [1.82, 2.24) is 15.1 Å². The molecule has 104 valence electrons. The van der Waals surface area contributed by atoms with Gasteiger partial charge in [-0.15, -0.1) is 0 Å². The number of nitrogens with zero attached hydrogens (tertiary/aromatic N) is 2. The summed E-state index contributed by atoms with van der Waals surface area (Å²) in [6, 6.07) is 3.98. The average Bonchev–Trinajstić information content (AvgIpc) is 2.87. The zero-order chi connectivity index (χ0) is 13.8. The lowest BCUT2D eigenvalue weighted by Gasteiger charge is -2.05. The molecule has 5 heteroatoms. The van der Waals surface area contributed by atoms with Gasteiger partial charge in [-0.25, -0.2) is 0 Å². The fourth-order valence-corrected chi connectivity index (χ4v) is 1.97. The molecular weight excluding hydrogens is 262 g/mol. The second-order valence-corrected chi connectivity index (χ2v) is 5.56. The van der Waals surface area contributed by atoms with Crippen molar-refractivity contribution in [2.45, 2.75) is 33.9 Å². The number of aryl methyl sites for hydroxylation is 1. The van der Waals surface area contributed by atoms with Gasteiger partial charge in [0.05, 0.1) is 23.8 Å². The Labute approximate surface area is 118 Å². The molecule has 2 rings (SSSR count). The molecule has 0 unspecified atom stereocenters. The van der Waals surface area contributed by atoms with Crippen molar-refractivity contribution in [2.75, 3.05) is 6.54 Å². The van der Waals surface area contributed by atoms with Crippen molar-refractivity contribution >= 4 is 11.6 Å². The van der Waals surface area contributed by atoms with Crippen LogP contribution in [0.2, 0.25) is 5.02 Å². The molecule has 0 atom stereocenters. The predicted octanol–water partition coefficient (Wildman–Crippen LogP) is 3.23. The molecule has 0 spiro atoms. The van der Waals surface area contributed by atoms with Crippen LogP contribution in [0.1, 0.15) is 31.1 Å². The van der Waals surface area contributed by atoms with Crippen molar-refractivity contribution in [3.8, 4) is 0 Å². The largest absolute Gasteiger partial charge is 0.463 e. The van der Waals surface area contributed by atoms with Crippen molar-refractivity contribution in [3.05, 3.63) is 40.6 Å². The van der Waals surface area contributed by atoms with E-state index in [-0.39, 0.29) is 0 Å². The van der Waals surface area contributed by atoms with Gasteiger partial charge in [-0.05, 0) is 31.5 Å². The first kappa shape index (κ1) is 14.2. The molecule has 0 aliphatic rings. The Morgan fingerprint density at radius 3 is 2.74 bits per heavy atom. The van der Waals surface area contributed by atoms with E-state index in [4.69, 9.17) is 16.0 Å².